The summed E-state index contributed by atoms with van der Waals surface area (Å²) < 4.78 is 10.8. The Bertz CT molecular complexity index is 495. The molecule has 0 radical (unpaired) electrons. The van der Waals surface area contributed by atoms with Gasteiger partial charge in [0.2, 0.25) is 5.91 Å². The van der Waals surface area contributed by atoms with Crippen LogP contribution < -0.4 is 15.8 Å². The van der Waals surface area contributed by atoms with Crippen LogP contribution in [0.25, 0.3) is 0 Å². The first-order valence-corrected chi connectivity index (χ1v) is 8.37. The zero-order valence-corrected chi connectivity index (χ0v) is 14.1. The van der Waals surface area contributed by atoms with Gasteiger partial charge in [0.05, 0.1) is 13.2 Å². The van der Waals surface area contributed by atoms with Gasteiger partial charge in [-0.2, -0.15) is 0 Å². The van der Waals surface area contributed by atoms with Crippen LogP contribution in [0.4, 0.5) is 0 Å². The van der Waals surface area contributed by atoms with Crippen LogP contribution in [0.3, 0.4) is 0 Å². The Morgan fingerprint density at radius 3 is 2.57 bits per heavy atom. The number of hydrogen-bond donors (Lipinski definition) is 2. The molecule has 23 heavy (non-hydrogen) atoms. The molecule has 1 saturated heterocycles. The number of nitrogens with two attached hydrogens (primary N) is 1. The number of nitrogens with one attached hydrogen (secondary N) is 1. The van der Waals surface area contributed by atoms with E-state index in [4.69, 9.17) is 15.2 Å². The van der Waals surface area contributed by atoms with Crippen molar-refractivity contribution in [2.24, 2.45) is 5.73 Å². The van der Waals surface area contributed by atoms with Gasteiger partial charge in [0, 0.05) is 25.2 Å². The molecule has 5 nitrogen and oxygen atoms in total. The first-order chi connectivity index (χ1) is 11.1. The van der Waals surface area contributed by atoms with Crippen molar-refractivity contribution >= 4 is 5.91 Å². The van der Waals surface area contributed by atoms with Crippen molar-refractivity contribution in [2.45, 2.75) is 44.1 Å². The predicted molar refractivity (Wildman–Crippen MR) is 90.6 cm³/mol. The average molecular weight is 320 g/mol. The molecule has 1 aliphatic heterocycles. The van der Waals surface area contributed by atoms with Gasteiger partial charge in [-0.25, -0.2) is 0 Å². The van der Waals surface area contributed by atoms with E-state index < -0.39 is 6.04 Å². The van der Waals surface area contributed by atoms with Crippen molar-refractivity contribution in [1.29, 1.82) is 0 Å². The predicted octanol–water partition coefficient (Wildman–Crippen LogP) is 1.99. The Hall–Kier alpha value is -1.59. The van der Waals surface area contributed by atoms with Crippen molar-refractivity contribution in [3.63, 3.8) is 0 Å². The van der Waals surface area contributed by atoms with E-state index in [1.807, 2.05) is 19.1 Å². The maximum absolute atomic E-state index is 12.2. The first-order valence-electron chi connectivity index (χ1n) is 8.37. The van der Waals surface area contributed by atoms with Crippen LogP contribution in [-0.2, 0) is 14.9 Å². The molecule has 1 heterocycles. The highest BCUT2D eigenvalue weighted by Gasteiger charge is 2.35. The highest BCUT2D eigenvalue weighted by Crippen LogP contribution is 2.35. The van der Waals surface area contributed by atoms with Crippen molar-refractivity contribution in [1.82, 2.24) is 5.32 Å². The molecule has 3 N–H and O–H groups in total. The molecule has 1 aliphatic rings. The highest BCUT2D eigenvalue weighted by atomic mass is 16.5. The van der Waals surface area contributed by atoms with Crippen LogP contribution in [-0.4, -0.2) is 38.8 Å². The van der Waals surface area contributed by atoms with E-state index in [0.29, 0.717) is 26.2 Å². The third kappa shape index (κ3) is 4.45. The maximum atomic E-state index is 12.2. The summed E-state index contributed by atoms with van der Waals surface area (Å²) in [6.07, 6.45) is 3.40. The second-order valence-corrected chi connectivity index (χ2v) is 6.23. The lowest BCUT2D eigenvalue weighted by Gasteiger charge is -2.38. The molecule has 128 valence electrons. The average Bonchev–Trinajstić information content (AvgIpc) is 2.60. The van der Waals surface area contributed by atoms with Gasteiger partial charge in [-0.1, -0.05) is 25.5 Å². The summed E-state index contributed by atoms with van der Waals surface area (Å²) in [5, 5.41) is 3.05. The van der Waals surface area contributed by atoms with Crippen molar-refractivity contribution in [3.8, 4) is 5.75 Å². The Kier molecular flexibility index (Phi) is 6.42. The van der Waals surface area contributed by atoms with Gasteiger partial charge in [-0.15, -0.1) is 0 Å². The molecule has 1 atom stereocenters. The second-order valence-electron chi connectivity index (χ2n) is 6.23. The number of amides is 1. The third-order valence-corrected chi connectivity index (χ3v) is 4.69. The first kappa shape index (κ1) is 17.8. The summed E-state index contributed by atoms with van der Waals surface area (Å²) >= 11 is 0. The van der Waals surface area contributed by atoms with E-state index in [2.05, 4.69) is 17.4 Å². The van der Waals surface area contributed by atoms with Crippen LogP contribution in [0.1, 0.15) is 38.2 Å². The van der Waals surface area contributed by atoms with Gasteiger partial charge in [-0.3, -0.25) is 4.79 Å². The lowest BCUT2D eigenvalue weighted by Crippen LogP contribution is -2.48. The number of rotatable bonds is 7. The minimum Gasteiger partial charge on any atom is -0.497 e. The van der Waals surface area contributed by atoms with E-state index in [9.17, 15) is 4.79 Å². The third-order valence-electron chi connectivity index (χ3n) is 4.69. The van der Waals surface area contributed by atoms with Crippen LogP contribution >= 0.6 is 0 Å². The molecule has 1 fully saturated rings. The Balaban J connectivity index is 2.10. The van der Waals surface area contributed by atoms with E-state index >= 15 is 0 Å². The number of carbonyl (C=O) groups excluding carboxylic acids is 1. The summed E-state index contributed by atoms with van der Waals surface area (Å²) in [6, 6.07) is 7.69. The summed E-state index contributed by atoms with van der Waals surface area (Å²) in [5.41, 5.74) is 7.03. The van der Waals surface area contributed by atoms with Gasteiger partial charge in [-0.05, 0) is 37.0 Å². The van der Waals surface area contributed by atoms with Crippen LogP contribution in [0.5, 0.6) is 5.75 Å². The van der Waals surface area contributed by atoms with E-state index in [-0.39, 0.29) is 11.3 Å². The molecule has 0 aliphatic carbocycles. The SMILES string of the molecule is CCCC(N)C(=O)NCC1(c2ccc(OC)cc2)CCOCC1. The maximum Gasteiger partial charge on any atom is 0.236 e. The minimum absolute atomic E-state index is 0.0637. The second kappa shape index (κ2) is 8.31. The molecule has 1 amide bonds. The van der Waals surface area contributed by atoms with Gasteiger partial charge in [0.15, 0.2) is 0 Å². The van der Waals surface area contributed by atoms with Gasteiger partial charge in [0.25, 0.3) is 0 Å². The number of methoxy groups -OCH3 is 1. The van der Waals surface area contributed by atoms with Crippen molar-refractivity contribution in [3.05, 3.63) is 29.8 Å². The molecule has 1 unspecified atom stereocenters. The lowest BCUT2D eigenvalue weighted by molar-refractivity contribution is -0.123. The van der Waals surface area contributed by atoms with E-state index in [1.165, 1.54) is 5.56 Å². The smallest absolute Gasteiger partial charge is 0.236 e. The molecule has 0 bridgehead atoms. The zero-order valence-electron chi connectivity index (χ0n) is 14.1. The minimum atomic E-state index is -0.423. The monoisotopic (exact) mass is 320 g/mol. The van der Waals surface area contributed by atoms with Crippen molar-refractivity contribution in [2.75, 3.05) is 26.9 Å². The molecule has 0 saturated carbocycles. The van der Waals surface area contributed by atoms with Crippen LogP contribution in [0, 0.1) is 0 Å². The molecular formula is C18H28N2O3. The largest absolute Gasteiger partial charge is 0.497 e. The van der Waals surface area contributed by atoms with Gasteiger partial charge in [0.1, 0.15) is 5.75 Å². The fourth-order valence-electron chi connectivity index (χ4n) is 3.10. The molecule has 1 aromatic carbocycles. The molecular weight excluding hydrogens is 292 g/mol. The summed E-state index contributed by atoms with van der Waals surface area (Å²) in [6.45, 7) is 4.05. The summed E-state index contributed by atoms with van der Waals surface area (Å²) in [5.74, 6) is 0.774. The van der Waals surface area contributed by atoms with Gasteiger partial charge >= 0.3 is 0 Å². The quantitative estimate of drug-likeness (QED) is 0.806. The van der Waals surface area contributed by atoms with Crippen LogP contribution in [0.15, 0.2) is 24.3 Å². The fraction of sp³-hybridized carbons (Fsp3) is 0.611. The summed E-state index contributed by atoms with van der Waals surface area (Å²) in [4.78, 5) is 12.2. The topological polar surface area (TPSA) is 73.6 Å². The number of benzene rings is 1. The normalized spacial score (nSPS) is 18.2. The van der Waals surface area contributed by atoms with Crippen LogP contribution in [0.2, 0.25) is 0 Å². The van der Waals surface area contributed by atoms with E-state index in [0.717, 1.165) is 25.0 Å². The molecule has 0 aromatic heterocycles. The Morgan fingerprint density at radius 2 is 2.00 bits per heavy atom. The molecule has 2 rings (SSSR count). The molecule has 0 spiro atoms. The zero-order chi connectivity index (χ0) is 16.7. The van der Waals surface area contributed by atoms with Gasteiger partial charge < -0.3 is 20.5 Å². The fourth-order valence-corrected chi connectivity index (χ4v) is 3.10. The molecule has 1 aromatic rings. The molecule has 5 heteroatoms. The number of hydrogen-bond acceptors (Lipinski definition) is 4. The van der Waals surface area contributed by atoms with E-state index in [1.54, 1.807) is 7.11 Å². The standard InChI is InChI=1S/C18H28N2O3/c1-3-4-16(19)17(21)20-13-18(9-11-23-12-10-18)14-5-7-15(22-2)8-6-14/h5-8,16H,3-4,9-13,19H2,1-2H3,(H,20,21). The highest BCUT2D eigenvalue weighted by molar-refractivity contribution is 5.81. The van der Waals surface area contributed by atoms with Crippen molar-refractivity contribution < 1.29 is 14.3 Å². The Morgan fingerprint density at radius 1 is 1.35 bits per heavy atom. The number of ether oxygens (including phenoxy) is 2. The lowest BCUT2D eigenvalue weighted by atomic mass is 9.74. The summed E-state index contributed by atoms with van der Waals surface area (Å²) in [7, 11) is 1.66. The Labute approximate surface area is 138 Å². The number of carbonyl (C=O) groups is 1.